The van der Waals surface area contributed by atoms with Crippen molar-refractivity contribution in [1.82, 2.24) is 4.98 Å². The normalized spacial score (nSPS) is 9.65. The number of anilines is 2. The van der Waals surface area contributed by atoms with E-state index in [1.165, 1.54) is 0 Å². The lowest BCUT2D eigenvalue weighted by molar-refractivity contribution is 0.102. The second-order valence-electron chi connectivity index (χ2n) is 3.92. The van der Waals surface area contributed by atoms with Crippen LogP contribution in [0.1, 0.15) is 16.1 Å². The Kier molecular flexibility index (Phi) is 4.18. The molecule has 0 atom stereocenters. The van der Waals surface area contributed by atoms with Crippen molar-refractivity contribution in [3.8, 4) is 6.07 Å². The molecule has 2 rings (SSSR count). The molecule has 0 unspecified atom stereocenters. The molecule has 0 bridgehead atoms. The highest BCUT2D eigenvalue weighted by atomic mass is 35.5. The quantitative estimate of drug-likeness (QED) is 0.909. The number of hydrogen-bond acceptors (Lipinski definition) is 4. The standard InChI is InChI=1S/C14H11ClN4O/c1-17-12-7-6-11(15)13(19-12)14(20)18-10-4-2-9(8-16)3-5-10/h2-7H,1H3,(H,17,19)(H,18,20). The van der Waals surface area contributed by atoms with Crippen LogP contribution in [0, 0.1) is 11.3 Å². The van der Waals surface area contributed by atoms with Crippen LogP contribution in [-0.2, 0) is 0 Å². The number of carbonyl (C=O) groups excluding carboxylic acids is 1. The summed E-state index contributed by atoms with van der Waals surface area (Å²) in [4.78, 5) is 16.2. The third kappa shape index (κ3) is 3.05. The Bertz CT molecular complexity index is 677. The van der Waals surface area contributed by atoms with Crippen molar-refractivity contribution < 1.29 is 4.79 Å². The first-order chi connectivity index (χ1) is 9.63. The Labute approximate surface area is 121 Å². The van der Waals surface area contributed by atoms with Gasteiger partial charge in [0.05, 0.1) is 16.7 Å². The van der Waals surface area contributed by atoms with Crippen LogP contribution in [0.4, 0.5) is 11.5 Å². The summed E-state index contributed by atoms with van der Waals surface area (Å²) < 4.78 is 0. The Morgan fingerprint density at radius 2 is 1.95 bits per heavy atom. The van der Waals surface area contributed by atoms with Crippen LogP contribution in [0.3, 0.4) is 0 Å². The third-order valence-electron chi connectivity index (χ3n) is 2.59. The molecule has 100 valence electrons. The minimum absolute atomic E-state index is 0.142. The second kappa shape index (κ2) is 6.04. The lowest BCUT2D eigenvalue weighted by Crippen LogP contribution is -2.15. The summed E-state index contributed by atoms with van der Waals surface area (Å²) in [6.07, 6.45) is 0. The summed E-state index contributed by atoms with van der Waals surface area (Å²) in [6, 6.07) is 11.8. The lowest BCUT2D eigenvalue weighted by atomic mass is 10.2. The van der Waals surface area contributed by atoms with Gasteiger partial charge >= 0.3 is 0 Å². The van der Waals surface area contributed by atoms with Crippen molar-refractivity contribution in [2.75, 3.05) is 17.7 Å². The maximum atomic E-state index is 12.1. The highest BCUT2D eigenvalue weighted by molar-refractivity contribution is 6.34. The largest absolute Gasteiger partial charge is 0.373 e. The van der Waals surface area contributed by atoms with Crippen LogP contribution in [0.5, 0.6) is 0 Å². The number of carbonyl (C=O) groups is 1. The minimum atomic E-state index is -0.406. The van der Waals surface area contributed by atoms with Crippen molar-refractivity contribution in [2.45, 2.75) is 0 Å². The van der Waals surface area contributed by atoms with Crippen LogP contribution in [0.15, 0.2) is 36.4 Å². The van der Waals surface area contributed by atoms with Gasteiger partial charge in [-0.25, -0.2) is 4.98 Å². The van der Waals surface area contributed by atoms with Gasteiger partial charge in [-0.15, -0.1) is 0 Å². The molecule has 0 aliphatic heterocycles. The highest BCUT2D eigenvalue weighted by Crippen LogP contribution is 2.18. The summed E-state index contributed by atoms with van der Waals surface area (Å²) >= 11 is 5.97. The maximum Gasteiger partial charge on any atom is 0.275 e. The van der Waals surface area contributed by atoms with Crippen molar-refractivity contribution >= 4 is 29.0 Å². The average Bonchev–Trinajstić information content (AvgIpc) is 2.48. The predicted octanol–water partition coefficient (Wildman–Crippen LogP) is 2.90. The Morgan fingerprint density at radius 3 is 2.55 bits per heavy atom. The van der Waals surface area contributed by atoms with Gasteiger partial charge in [0.1, 0.15) is 11.5 Å². The fraction of sp³-hybridized carbons (Fsp3) is 0.0714. The van der Waals surface area contributed by atoms with Gasteiger partial charge in [-0.1, -0.05) is 11.6 Å². The maximum absolute atomic E-state index is 12.1. The molecule has 0 spiro atoms. The number of nitrogens with zero attached hydrogens (tertiary/aromatic N) is 2. The molecule has 0 aliphatic carbocycles. The van der Waals surface area contributed by atoms with Gasteiger partial charge in [-0.2, -0.15) is 5.26 Å². The summed E-state index contributed by atoms with van der Waals surface area (Å²) in [5, 5.41) is 14.5. The molecule has 0 aliphatic rings. The van der Waals surface area contributed by atoms with Crippen LogP contribution in [-0.4, -0.2) is 17.9 Å². The molecule has 5 nitrogen and oxygen atoms in total. The fourth-order valence-corrected chi connectivity index (χ4v) is 1.75. The number of pyridine rings is 1. The molecule has 1 aromatic heterocycles. The van der Waals surface area contributed by atoms with Gasteiger partial charge in [0, 0.05) is 12.7 Å². The smallest absolute Gasteiger partial charge is 0.275 e. The number of benzene rings is 1. The molecule has 0 fully saturated rings. The zero-order chi connectivity index (χ0) is 14.5. The third-order valence-corrected chi connectivity index (χ3v) is 2.89. The number of rotatable bonds is 3. The zero-order valence-corrected chi connectivity index (χ0v) is 11.4. The fourth-order valence-electron chi connectivity index (χ4n) is 1.56. The van der Waals surface area contributed by atoms with Crippen molar-refractivity contribution in [3.63, 3.8) is 0 Å². The second-order valence-corrected chi connectivity index (χ2v) is 4.33. The summed E-state index contributed by atoms with van der Waals surface area (Å²) in [5.74, 6) is 0.149. The first-order valence-corrected chi connectivity index (χ1v) is 6.17. The molecule has 0 saturated carbocycles. The highest BCUT2D eigenvalue weighted by Gasteiger charge is 2.13. The van der Waals surface area contributed by atoms with E-state index in [1.807, 2.05) is 6.07 Å². The first-order valence-electron chi connectivity index (χ1n) is 5.80. The SMILES string of the molecule is CNc1ccc(Cl)c(C(=O)Nc2ccc(C#N)cc2)n1. The molecular formula is C14H11ClN4O. The number of amides is 1. The van der Waals surface area contributed by atoms with Gasteiger partial charge in [0.25, 0.3) is 5.91 Å². The molecule has 0 radical (unpaired) electrons. The van der Waals surface area contributed by atoms with E-state index in [2.05, 4.69) is 15.6 Å². The van der Waals surface area contributed by atoms with E-state index in [4.69, 9.17) is 16.9 Å². The topological polar surface area (TPSA) is 77.8 Å². The van der Waals surface area contributed by atoms with Gasteiger partial charge in [-0.05, 0) is 36.4 Å². The predicted molar refractivity (Wildman–Crippen MR) is 77.9 cm³/mol. The Hall–Kier alpha value is -2.58. The van der Waals surface area contributed by atoms with Gasteiger partial charge in [0.2, 0.25) is 0 Å². The van der Waals surface area contributed by atoms with E-state index in [9.17, 15) is 4.79 Å². The van der Waals surface area contributed by atoms with E-state index in [0.717, 1.165) is 0 Å². The Balaban J connectivity index is 2.21. The molecular weight excluding hydrogens is 276 g/mol. The summed E-state index contributed by atoms with van der Waals surface area (Å²) in [7, 11) is 1.71. The van der Waals surface area contributed by atoms with E-state index in [0.29, 0.717) is 17.1 Å². The van der Waals surface area contributed by atoms with Crippen LogP contribution in [0.2, 0.25) is 5.02 Å². The lowest BCUT2D eigenvalue weighted by Gasteiger charge is -2.07. The molecule has 0 saturated heterocycles. The van der Waals surface area contributed by atoms with E-state index >= 15 is 0 Å². The van der Waals surface area contributed by atoms with Crippen molar-refractivity contribution in [1.29, 1.82) is 5.26 Å². The minimum Gasteiger partial charge on any atom is -0.373 e. The monoisotopic (exact) mass is 286 g/mol. The molecule has 20 heavy (non-hydrogen) atoms. The van der Waals surface area contributed by atoms with Gasteiger partial charge in [-0.3, -0.25) is 4.79 Å². The zero-order valence-electron chi connectivity index (χ0n) is 10.6. The van der Waals surface area contributed by atoms with E-state index < -0.39 is 5.91 Å². The van der Waals surface area contributed by atoms with Crippen LogP contribution >= 0.6 is 11.6 Å². The molecule has 2 N–H and O–H groups in total. The number of nitrogens with one attached hydrogen (secondary N) is 2. The van der Waals surface area contributed by atoms with Crippen molar-refractivity contribution in [2.24, 2.45) is 0 Å². The Morgan fingerprint density at radius 1 is 1.25 bits per heavy atom. The van der Waals surface area contributed by atoms with Crippen molar-refractivity contribution in [3.05, 3.63) is 52.7 Å². The van der Waals surface area contributed by atoms with Crippen LogP contribution in [0.25, 0.3) is 0 Å². The summed E-state index contributed by atoms with van der Waals surface area (Å²) in [5.41, 5.74) is 1.24. The van der Waals surface area contributed by atoms with Crippen LogP contribution < -0.4 is 10.6 Å². The summed E-state index contributed by atoms with van der Waals surface area (Å²) in [6.45, 7) is 0. The van der Waals surface area contributed by atoms with Gasteiger partial charge < -0.3 is 10.6 Å². The number of nitriles is 1. The number of hydrogen-bond donors (Lipinski definition) is 2. The molecule has 1 heterocycles. The first kappa shape index (κ1) is 13.8. The number of aromatic nitrogens is 1. The van der Waals surface area contributed by atoms with E-state index in [-0.39, 0.29) is 10.7 Å². The molecule has 1 aromatic carbocycles. The molecule has 6 heteroatoms. The number of halogens is 1. The average molecular weight is 287 g/mol. The van der Waals surface area contributed by atoms with E-state index in [1.54, 1.807) is 43.4 Å². The van der Waals surface area contributed by atoms with Gasteiger partial charge in [0.15, 0.2) is 0 Å². The molecule has 2 aromatic rings. The molecule has 1 amide bonds.